The fourth-order valence-corrected chi connectivity index (χ4v) is 3.87. The zero-order valence-electron chi connectivity index (χ0n) is 14.8. The van der Waals surface area contributed by atoms with Gasteiger partial charge in [-0.25, -0.2) is 4.79 Å². The Bertz CT molecular complexity index is 588. The van der Waals surface area contributed by atoms with Crippen LogP contribution in [0.1, 0.15) is 38.2 Å². The van der Waals surface area contributed by atoms with E-state index in [0.717, 1.165) is 44.3 Å². The lowest BCUT2D eigenvalue weighted by Gasteiger charge is -2.40. The van der Waals surface area contributed by atoms with Gasteiger partial charge in [-0.1, -0.05) is 6.92 Å². The van der Waals surface area contributed by atoms with Crippen molar-refractivity contribution >= 4 is 17.4 Å². The topological polar surface area (TPSA) is 55.8 Å². The second-order valence-corrected chi connectivity index (χ2v) is 7.30. The molecular weight excluding hydrogens is 302 g/mol. The molecule has 0 spiro atoms. The van der Waals surface area contributed by atoms with Gasteiger partial charge >= 0.3 is 6.03 Å². The monoisotopic (exact) mass is 331 g/mol. The number of carbonyl (C=O) groups is 1. The molecule has 3 rings (SSSR count). The molecule has 2 heterocycles. The first-order chi connectivity index (χ1) is 11.6. The maximum atomic E-state index is 12.5. The third kappa shape index (κ3) is 3.36. The van der Waals surface area contributed by atoms with Crippen molar-refractivity contribution in [3.8, 4) is 0 Å². The lowest BCUT2D eigenvalue weighted by atomic mass is 9.77. The van der Waals surface area contributed by atoms with E-state index in [-0.39, 0.29) is 18.1 Å². The van der Waals surface area contributed by atoms with E-state index in [1.165, 1.54) is 11.3 Å². The van der Waals surface area contributed by atoms with Crippen LogP contribution < -0.4 is 10.2 Å². The van der Waals surface area contributed by atoms with Crippen LogP contribution in [0.4, 0.5) is 16.2 Å². The molecule has 2 N–H and O–H groups in total. The first-order valence-corrected chi connectivity index (χ1v) is 9.08. The molecule has 0 radical (unpaired) electrons. The summed E-state index contributed by atoms with van der Waals surface area (Å²) in [7, 11) is 2.12. The minimum absolute atomic E-state index is 0.00713. The van der Waals surface area contributed by atoms with E-state index in [9.17, 15) is 9.90 Å². The molecule has 1 aromatic carbocycles. The Morgan fingerprint density at radius 2 is 2.04 bits per heavy atom. The molecule has 1 saturated heterocycles. The van der Waals surface area contributed by atoms with E-state index in [1.807, 2.05) is 11.0 Å². The van der Waals surface area contributed by atoms with Crippen LogP contribution in [0.2, 0.25) is 0 Å². The molecule has 132 valence electrons. The van der Waals surface area contributed by atoms with Crippen LogP contribution in [0.5, 0.6) is 0 Å². The zero-order valence-corrected chi connectivity index (χ0v) is 14.8. The van der Waals surface area contributed by atoms with Crippen LogP contribution >= 0.6 is 0 Å². The number of amides is 2. The molecule has 5 heteroatoms. The minimum atomic E-state index is -0.0262. The molecule has 1 fully saturated rings. The van der Waals surface area contributed by atoms with Gasteiger partial charge in [0.05, 0.1) is 0 Å². The Kier molecular flexibility index (Phi) is 4.99. The number of aliphatic hydroxyl groups is 1. The number of anilines is 2. The van der Waals surface area contributed by atoms with Crippen molar-refractivity contribution in [2.24, 2.45) is 5.41 Å². The molecule has 0 aliphatic carbocycles. The minimum Gasteiger partial charge on any atom is -0.396 e. The SMILES string of the molecule is CCC1(CO)CCN(C(=O)Nc2ccc3c(c2)CCCN3C)CC1. The second-order valence-electron chi connectivity index (χ2n) is 7.30. The van der Waals surface area contributed by atoms with Crippen molar-refractivity contribution in [3.05, 3.63) is 23.8 Å². The van der Waals surface area contributed by atoms with Crippen LogP contribution in [-0.2, 0) is 6.42 Å². The van der Waals surface area contributed by atoms with Gasteiger partial charge in [-0.3, -0.25) is 0 Å². The Morgan fingerprint density at radius 3 is 2.71 bits per heavy atom. The van der Waals surface area contributed by atoms with Crippen LogP contribution in [0, 0.1) is 5.41 Å². The van der Waals surface area contributed by atoms with Gasteiger partial charge < -0.3 is 20.2 Å². The number of piperidine rings is 1. The van der Waals surface area contributed by atoms with Crippen molar-refractivity contribution in [1.82, 2.24) is 4.90 Å². The molecular formula is C19H29N3O2. The lowest BCUT2D eigenvalue weighted by molar-refractivity contribution is 0.0542. The van der Waals surface area contributed by atoms with Gasteiger partial charge in [0.1, 0.15) is 0 Å². The van der Waals surface area contributed by atoms with Crippen molar-refractivity contribution in [2.45, 2.75) is 39.0 Å². The summed E-state index contributed by atoms with van der Waals surface area (Å²) in [5.74, 6) is 0. The molecule has 0 saturated carbocycles. The summed E-state index contributed by atoms with van der Waals surface area (Å²) < 4.78 is 0. The Balaban J connectivity index is 1.62. The predicted molar refractivity (Wildman–Crippen MR) is 97.7 cm³/mol. The third-order valence-corrected chi connectivity index (χ3v) is 5.88. The molecule has 2 aliphatic rings. The highest BCUT2D eigenvalue weighted by Gasteiger charge is 2.33. The van der Waals surface area contributed by atoms with Gasteiger partial charge in [-0.05, 0) is 61.3 Å². The van der Waals surface area contributed by atoms with E-state index < -0.39 is 0 Å². The van der Waals surface area contributed by atoms with Crippen LogP contribution in [0.15, 0.2) is 18.2 Å². The molecule has 5 nitrogen and oxygen atoms in total. The maximum Gasteiger partial charge on any atom is 0.321 e. The molecule has 0 bridgehead atoms. The normalized spacial score (nSPS) is 19.8. The highest BCUT2D eigenvalue weighted by atomic mass is 16.3. The Morgan fingerprint density at radius 1 is 1.29 bits per heavy atom. The smallest absolute Gasteiger partial charge is 0.321 e. The van der Waals surface area contributed by atoms with Crippen molar-refractivity contribution < 1.29 is 9.90 Å². The van der Waals surface area contributed by atoms with Gasteiger partial charge in [0.25, 0.3) is 0 Å². The number of benzene rings is 1. The highest BCUT2D eigenvalue weighted by Crippen LogP contribution is 2.34. The van der Waals surface area contributed by atoms with E-state index in [2.05, 4.69) is 36.3 Å². The highest BCUT2D eigenvalue weighted by molar-refractivity contribution is 5.90. The number of aliphatic hydroxyl groups excluding tert-OH is 1. The number of nitrogens with one attached hydrogen (secondary N) is 1. The molecule has 2 aliphatic heterocycles. The van der Waals surface area contributed by atoms with Gasteiger partial charge in [0.2, 0.25) is 0 Å². The molecule has 24 heavy (non-hydrogen) atoms. The fourth-order valence-electron chi connectivity index (χ4n) is 3.87. The Hall–Kier alpha value is -1.75. The standard InChI is InChI=1S/C19H29N3O2/c1-3-19(14-23)8-11-22(12-9-19)18(24)20-16-6-7-17-15(13-16)5-4-10-21(17)2/h6-7,13,23H,3-5,8-12,14H2,1-2H3,(H,20,24). The summed E-state index contributed by atoms with van der Waals surface area (Å²) in [6.45, 7) is 4.87. The van der Waals surface area contributed by atoms with Gasteiger partial charge in [0, 0.05) is 44.7 Å². The van der Waals surface area contributed by atoms with Crippen molar-refractivity contribution in [1.29, 1.82) is 0 Å². The summed E-state index contributed by atoms with van der Waals surface area (Å²) in [6.07, 6.45) is 4.96. The van der Waals surface area contributed by atoms with E-state index in [4.69, 9.17) is 0 Å². The average Bonchev–Trinajstić information content (AvgIpc) is 2.62. The van der Waals surface area contributed by atoms with Crippen LogP contribution in [0.3, 0.4) is 0 Å². The van der Waals surface area contributed by atoms with Gasteiger partial charge in [-0.15, -0.1) is 0 Å². The average molecular weight is 331 g/mol. The van der Waals surface area contributed by atoms with Crippen molar-refractivity contribution in [3.63, 3.8) is 0 Å². The first kappa shape index (κ1) is 17.1. The number of fused-ring (bicyclic) bond motifs is 1. The largest absolute Gasteiger partial charge is 0.396 e. The molecule has 2 amide bonds. The molecule has 1 aromatic rings. The van der Waals surface area contributed by atoms with E-state index in [1.54, 1.807) is 0 Å². The summed E-state index contributed by atoms with van der Waals surface area (Å²) in [6, 6.07) is 6.18. The lowest BCUT2D eigenvalue weighted by Crippen LogP contribution is -2.46. The number of rotatable bonds is 3. The molecule has 0 aromatic heterocycles. The predicted octanol–water partition coefficient (Wildman–Crippen LogP) is 3.09. The summed E-state index contributed by atoms with van der Waals surface area (Å²) in [5.41, 5.74) is 3.47. The van der Waals surface area contributed by atoms with Crippen LogP contribution in [-0.4, -0.2) is 49.3 Å². The number of nitrogens with zero attached hydrogens (tertiary/aromatic N) is 2. The summed E-state index contributed by atoms with van der Waals surface area (Å²) in [5, 5.41) is 12.7. The first-order valence-electron chi connectivity index (χ1n) is 9.08. The summed E-state index contributed by atoms with van der Waals surface area (Å²) in [4.78, 5) is 16.7. The number of hydrogen-bond donors (Lipinski definition) is 2. The second kappa shape index (κ2) is 7.01. The van der Waals surface area contributed by atoms with Gasteiger partial charge in [-0.2, -0.15) is 0 Å². The maximum absolute atomic E-state index is 12.5. The number of urea groups is 1. The summed E-state index contributed by atoms with van der Waals surface area (Å²) >= 11 is 0. The van der Waals surface area contributed by atoms with Crippen molar-refractivity contribution in [2.75, 3.05) is 43.5 Å². The van der Waals surface area contributed by atoms with Gasteiger partial charge in [0.15, 0.2) is 0 Å². The molecule has 0 unspecified atom stereocenters. The van der Waals surface area contributed by atoms with E-state index in [0.29, 0.717) is 13.1 Å². The number of likely N-dealkylation sites (tertiary alicyclic amines) is 1. The van der Waals surface area contributed by atoms with Crippen LogP contribution in [0.25, 0.3) is 0 Å². The molecule has 0 atom stereocenters. The number of hydrogen-bond acceptors (Lipinski definition) is 3. The Labute approximate surface area is 144 Å². The fraction of sp³-hybridized carbons (Fsp3) is 0.632. The zero-order chi connectivity index (χ0) is 17.2. The third-order valence-electron chi connectivity index (χ3n) is 5.88. The quantitative estimate of drug-likeness (QED) is 0.895. The van der Waals surface area contributed by atoms with E-state index >= 15 is 0 Å². The number of aryl methyl sites for hydroxylation is 1. The number of carbonyl (C=O) groups excluding carboxylic acids is 1.